The summed E-state index contributed by atoms with van der Waals surface area (Å²) in [5.41, 5.74) is 14.6. The normalized spacial score (nSPS) is 20.9. The van der Waals surface area contributed by atoms with Crippen molar-refractivity contribution in [2.45, 2.75) is 244 Å². The Hall–Kier alpha value is -1.30. The number of alkyl halides is 4. The van der Waals surface area contributed by atoms with Gasteiger partial charge in [0.25, 0.3) is 0 Å². The molecule has 0 spiro atoms. The first kappa shape index (κ1) is 83.7. The zero-order valence-electron chi connectivity index (χ0n) is 55.8. The topological polar surface area (TPSA) is 113 Å². The molecule has 0 aromatic carbocycles. The maximum absolute atomic E-state index is 13.2. The van der Waals surface area contributed by atoms with Crippen molar-refractivity contribution >= 4 is 61.7 Å². The van der Waals surface area contributed by atoms with Gasteiger partial charge in [-0.1, -0.05) is 116 Å². The average Bonchev–Trinajstić information content (AvgIpc) is 2.48. The highest BCUT2D eigenvalue weighted by Gasteiger charge is 2.41. The van der Waals surface area contributed by atoms with Crippen molar-refractivity contribution in [2.24, 2.45) is 0 Å². The molecular formula is C69H122Cl4N4O6P2. The van der Waals surface area contributed by atoms with Gasteiger partial charge in [-0.15, -0.1) is 46.4 Å². The van der Waals surface area contributed by atoms with Gasteiger partial charge in [-0.05, 0) is 225 Å². The maximum Gasteiger partial charge on any atom is 0.345 e. The fourth-order valence-electron chi connectivity index (χ4n) is 9.54. The predicted molar refractivity (Wildman–Crippen MR) is 376 cm³/mol. The Kier molecular flexibility index (Phi) is 52.6. The van der Waals surface area contributed by atoms with Gasteiger partial charge in [0.1, 0.15) is 6.23 Å². The van der Waals surface area contributed by atoms with Crippen molar-refractivity contribution in [3.05, 3.63) is 116 Å². The van der Waals surface area contributed by atoms with E-state index in [-0.39, 0.29) is 12.3 Å². The van der Waals surface area contributed by atoms with Crippen LogP contribution in [0, 0.1) is 0 Å². The van der Waals surface area contributed by atoms with E-state index in [1.165, 1.54) is 87.8 Å². The average molecular weight is 1310 g/mol. The monoisotopic (exact) mass is 1300 g/mol. The molecule has 3 N–H and O–H groups in total. The number of hydrogen-bond acceptors (Lipinski definition) is 6. The molecule has 0 aliphatic carbocycles. The summed E-state index contributed by atoms with van der Waals surface area (Å²) in [6.07, 6.45) is 47.2. The summed E-state index contributed by atoms with van der Waals surface area (Å²) in [5, 5.41) is 14.7. The van der Waals surface area contributed by atoms with Crippen LogP contribution in [0.2, 0.25) is 0 Å². The van der Waals surface area contributed by atoms with Crippen LogP contribution in [0.25, 0.3) is 0 Å². The Morgan fingerprint density at radius 2 is 0.776 bits per heavy atom. The number of nitrogens with one attached hydrogen (secondary N) is 2. The molecule has 0 radical (unpaired) electrons. The van der Waals surface area contributed by atoms with Crippen molar-refractivity contribution in [1.29, 1.82) is 0 Å². The van der Waals surface area contributed by atoms with Crippen LogP contribution >= 0.6 is 61.7 Å². The minimum Gasteiger partial charge on any atom is -0.396 e. The zero-order chi connectivity index (χ0) is 63.7. The fraction of sp³-hybridized carbons (Fsp3) is 0.710. The maximum atomic E-state index is 13.2. The summed E-state index contributed by atoms with van der Waals surface area (Å²) in [5.74, 6) is 1.58. The Labute approximate surface area is 542 Å². The molecule has 492 valence electrons. The number of allylic oxidation sites excluding steroid dienone is 20. The number of aliphatic hydroxyl groups is 1. The lowest BCUT2D eigenvalue weighted by molar-refractivity contribution is -0.0541. The number of halogens is 4. The Morgan fingerprint density at radius 1 is 0.459 bits per heavy atom. The molecule has 0 amide bonds. The first-order valence-corrected chi connectivity index (χ1v) is 37.4. The van der Waals surface area contributed by atoms with E-state index in [1.54, 1.807) is 4.67 Å². The second-order valence-electron chi connectivity index (χ2n) is 23.6. The van der Waals surface area contributed by atoms with Gasteiger partial charge in [-0.3, -0.25) is 9.13 Å². The van der Waals surface area contributed by atoms with E-state index in [4.69, 9.17) is 65.3 Å². The van der Waals surface area contributed by atoms with Crippen LogP contribution in [-0.2, 0) is 22.9 Å². The number of nitrogens with zero attached hydrogens (tertiary/aromatic N) is 2. The number of unbranched alkanes of at least 4 members (excludes halogenated alkanes) is 2. The molecule has 2 fully saturated rings. The summed E-state index contributed by atoms with van der Waals surface area (Å²) in [6, 6.07) is 0.228. The van der Waals surface area contributed by atoms with E-state index >= 15 is 0 Å². The van der Waals surface area contributed by atoms with Crippen molar-refractivity contribution in [2.75, 3.05) is 76.1 Å². The molecule has 4 atom stereocenters. The summed E-state index contributed by atoms with van der Waals surface area (Å²) >= 11 is 23.0. The van der Waals surface area contributed by atoms with Crippen molar-refractivity contribution < 1.29 is 28.0 Å². The Bertz CT molecular complexity index is 2200. The standard InChI is InChI=1S/C34H59Cl2N2O3P.C27H46O.C8H17Cl2N2O2P/c1-29(2)13-9-16-32(5)19-10-17-30(3)14-7-8-15-31(4)18-11-20-33(6)21-12-27-40-34-22-28-41-42(39,37-25-23-35)38(34)26-24-36;1-23(2)13-9-16-26(5)19-10-17-24(3)14-7-8-15-25(4)18-11-20-27(6)21-12-22-28;1-8-2-7-14-15(13,11-5-3-9)12(8)6-4-10/h13-15,19-20,34H,7-12,16-18,21-28H2,1-6H3,(H,37,39);13-15,19-20,28H,7-12,16-18,21-22H2,1-6H3;8H,2-7H2,1H3,(H,11,13)/b30-14+,31-15+,32-19+,33-20+;24-14+,25-15+,26-19+,27-20+;. The van der Waals surface area contributed by atoms with Gasteiger partial charge in [-0.2, -0.15) is 4.67 Å². The van der Waals surface area contributed by atoms with Gasteiger partial charge >= 0.3 is 15.3 Å². The lowest BCUT2D eigenvalue weighted by Crippen LogP contribution is -2.45. The van der Waals surface area contributed by atoms with Crippen LogP contribution in [0.1, 0.15) is 231 Å². The van der Waals surface area contributed by atoms with Crippen LogP contribution in [0.15, 0.2) is 116 Å². The molecule has 2 aliphatic heterocycles. The first-order chi connectivity index (χ1) is 40.6. The molecule has 2 heterocycles. The molecule has 2 saturated heterocycles. The highest BCUT2D eigenvalue weighted by molar-refractivity contribution is 7.54. The Morgan fingerprint density at radius 3 is 1.13 bits per heavy atom. The lowest BCUT2D eigenvalue weighted by atomic mass is 10.0. The summed E-state index contributed by atoms with van der Waals surface area (Å²) in [7, 11) is -6.07. The van der Waals surface area contributed by atoms with Gasteiger partial charge in [0.2, 0.25) is 0 Å². The number of rotatable bonds is 42. The summed E-state index contributed by atoms with van der Waals surface area (Å²) < 4.78 is 46.3. The molecule has 0 aromatic rings. The third kappa shape index (κ3) is 44.8. The quantitative estimate of drug-likeness (QED) is 0.0236. The molecule has 0 saturated carbocycles. The van der Waals surface area contributed by atoms with Crippen LogP contribution in [0.3, 0.4) is 0 Å². The van der Waals surface area contributed by atoms with E-state index in [9.17, 15) is 9.13 Å². The summed E-state index contributed by atoms with van der Waals surface area (Å²) in [6.45, 7) is 32.3. The van der Waals surface area contributed by atoms with Crippen LogP contribution in [0.5, 0.6) is 0 Å². The molecule has 4 unspecified atom stereocenters. The van der Waals surface area contributed by atoms with Gasteiger partial charge in [0, 0.05) is 75.4 Å². The SMILES string of the molecule is CC(C)=CCC/C(C)=C/CC/C(C)=C/CC/C=C(\C)CC/C=C(\C)CCCO.CC(C)=CCC/C(C)=C/CC/C(C)=C/CC/C=C(\C)CC/C=C(\C)CCCOC1CCOP(=O)(NCCCl)N1CCCl.CC1CCOP(=O)(NCCCl)N1CCCl. The number of ether oxygens (including phenoxy) is 1. The highest BCUT2D eigenvalue weighted by atomic mass is 35.5. The van der Waals surface area contributed by atoms with Crippen LogP contribution < -0.4 is 10.2 Å². The first-order valence-electron chi connectivity index (χ1n) is 32.1. The van der Waals surface area contributed by atoms with Gasteiger partial charge in [0.15, 0.2) is 0 Å². The fourth-order valence-corrected chi connectivity index (χ4v) is 14.8. The second-order valence-corrected chi connectivity index (χ2v) is 29.4. The van der Waals surface area contributed by atoms with Crippen molar-refractivity contribution in [3.8, 4) is 0 Å². The second kappa shape index (κ2) is 53.4. The predicted octanol–water partition coefficient (Wildman–Crippen LogP) is 21.8. The molecule has 16 heteroatoms. The van der Waals surface area contributed by atoms with E-state index in [0.29, 0.717) is 82.5 Å². The molecule has 2 aliphatic rings. The minimum atomic E-state index is -3.17. The van der Waals surface area contributed by atoms with Crippen LogP contribution in [-0.4, -0.2) is 103 Å². The molecule has 0 aromatic heterocycles. The minimum absolute atomic E-state index is 0.228. The van der Waals surface area contributed by atoms with Crippen molar-refractivity contribution in [1.82, 2.24) is 19.5 Å². The van der Waals surface area contributed by atoms with Gasteiger partial charge in [-0.25, -0.2) is 14.8 Å². The van der Waals surface area contributed by atoms with E-state index in [1.807, 2.05) is 11.6 Å². The van der Waals surface area contributed by atoms with Gasteiger partial charge in [0.05, 0.1) is 13.2 Å². The molecular weight excluding hydrogens is 1180 g/mol. The third-order valence-electron chi connectivity index (χ3n) is 14.8. The molecule has 2 rings (SSSR count). The zero-order valence-corrected chi connectivity index (χ0v) is 60.6. The van der Waals surface area contributed by atoms with Crippen LogP contribution in [0.4, 0.5) is 0 Å². The third-order valence-corrected chi connectivity index (χ3v) is 20.2. The molecule has 0 bridgehead atoms. The van der Waals surface area contributed by atoms with E-state index in [2.05, 4.69) is 154 Å². The van der Waals surface area contributed by atoms with E-state index in [0.717, 1.165) is 103 Å². The van der Waals surface area contributed by atoms with Gasteiger partial charge < -0.3 is 18.9 Å². The largest absolute Gasteiger partial charge is 0.396 e. The molecule has 10 nitrogen and oxygen atoms in total. The highest BCUT2D eigenvalue weighted by Crippen LogP contribution is 2.52. The van der Waals surface area contributed by atoms with Crippen molar-refractivity contribution in [3.63, 3.8) is 0 Å². The number of hydrogen-bond donors (Lipinski definition) is 3. The van der Waals surface area contributed by atoms with E-state index < -0.39 is 15.3 Å². The molecule has 85 heavy (non-hydrogen) atoms. The number of aliphatic hydroxyl groups excluding tert-OH is 1. The Balaban J connectivity index is 0.00000140. The smallest absolute Gasteiger partial charge is 0.345 e. The summed E-state index contributed by atoms with van der Waals surface area (Å²) in [4.78, 5) is 0. The lowest BCUT2D eigenvalue weighted by Gasteiger charge is -2.40.